The van der Waals surface area contributed by atoms with Crippen LogP contribution in [-0.4, -0.2) is 13.2 Å². The Hall–Kier alpha value is -1.52. The van der Waals surface area contributed by atoms with E-state index in [1.807, 2.05) is 30.3 Å². The van der Waals surface area contributed by atoms with Gasteiger partial charge in [-0.3, -0.25) is 0 Å². The molecule has 0 aliphatic heterocycles. The van der Waals surface area contributed by atoms with Gasteiger partial charge in [0.25, 0.3) is 0 Å². The third-order valence-corrected chi connectivity index (χ3v) is 4.34. The van der Waals surface area contributed by atoms with E-state index in [-0.39, 0.29) is 5.82 Å². The second-order valence-corrected chi connectivity index (χ2v) is 6.38. The highest BCUT2D eigenvalue weighted by Crippen LogP contribution is 2.31. The first-order valence-corrected chi connectivity index (χ1v) is 7.89. The first-order chi connectivity index (χ1) is 10.2. The first-order valence-electron chi connectivity index (χ1n) is 7.08. The van der Waals surface area contributed by atoms with Crippen LogP contribution in [0.4, 0.5) is 4.39 Å². The van der Waals surface area contributed by atoms with Gasteiger partial charge in [0.1, 0.15) is 11.6 Å². The summed E-state index contributed by atoms with van der Waals surface area (Å²) < 4.78 is 19.0. The smallest absolute Gasteiger partial charge is 0.124 e. The number of methoxy groups -OCH3 is 1. The second kappa shape index (κ2) is 6.50. The fourth-order valence-corrected chi connectivity index (χ4v) is 3.11. The van der Waals surface area contributed by atoms with Crippen LogP contribution in [0.1, 0.15) is 18.4 Å². The Morgan fingerprint density at radius 1 is 1.19 bits per heavy atom. The van der Waals surface area contributed by atoms with Gasteiger partial charge in [-0.15, -0.1) is 0 Å². The topological polar surface area (TPSA) is 21.3 Å². The summed E-state index contributed by atoms with van der Waals surface area (Å²) in [6.07, 6.45) is 2.47. The fourth-order valence-electron chi connectivity index (χ4n) is 2.13. The molecule has 2 aromatic rings. The van der Waals surface area contributed by atoms with E-state index in [2.05, 4.69) is 5.32 Å². The van der Waals surface area contributed by atoms with Crippen LogP contribution in [0.5, 0.6) is 5.75 Å². The zero-order valence-electron chi connectivity index (χ0n) is 11.9. The van der Waals surface area contributed by atoms with Gasteiger partial charge in [-0.1, -0.05) is 17.8 Å². The molecule has 0 amide bonds. The molecule has 0 aromatic heterocycles. The zero-order valence-corrected chi connectivity index (χ0v) is 12.8. The number of hydrogen-bond acceptors (Lipinski definition) is 3. The molecule has 1 fully saturated rings. The maximum Gasteiger partial charge on any atom is 0.124 e. The molecule has 1 N–H and O–H groups in total. The molecule has 0 saturated heterocycles. The lowest BCUT2D eigenvalue weighted by Gasteiger charge is -2.08. The lowest BCUT2D eigenvalue weighted by molar-refractivity contribution is 0.413. The summed E-state index contributed by atoms with van der Waals surface area (Å²) in [4.78, 5) is 1.96. The normalized spacial score (nSPS) is 14.2. The number of benzene rings is 2. The highest BCUT2D eigenvalue weighted by atomic mass is 32.2. The van der Waals surface area contributed by atoms with Crippen molar-refractivity contribution in [1.29, 1.82) is 0 Å². The Bertz CT molecular complexity index is 628. The number of halogens is 1. The van der Waals surface area contributed by atoms with E-state index >= 15 is 0 Å². The summed E-state index contributed by atoms with van der Waals surface area (Å²) in [6, 6.07) is 13.6. The predicted molar refractivity (Wildman–Crippen MR) is 83.4 cm³/mol. The van der Waals surface area contributed by atoms with Crippen molar-refractivity contribution in [2.75, 3.05) is 7.11 Å². The van der Waals surface area contributed by atoms with E-state index in [9.17, 15) is 4.39 Å². The molecule has 0 bridgehead atoms. The Morgan fingerprint density at radius 3 is 2.81 bits per heavy atom. The summed E-state index contributed by atoms with van der Waals surface area (Å²) >= 11 is 1.55. The van der Waals surface area contributed by atoms with E-state index in [1.165, 1.54) is 12.8 Å². The molecule has 4 heteroatoms. The molecule has 0 heterocycles. The third-order valence-electron chi connectivity index (χ3n) is 3.38. The minimum Gasteiger partial charge on any atom is -0.497 e. The van der Waals surface area contributed by atoms with Gasteiger partial charge in [0, 0.05) is 22.4 Å². The zero-order chi connectivity index (χ0) is 14.7. The van der Waals surface area contributed by atoms with Crippen molar-refractivity contribution in [3.8, 4) is 5.75 Å². The highest BCUT2D eigenvalue weighted by molar-refractivity contribution is 7.99. The molecule has 2 aromatic carbocycles. The molecule has 0 radical (unpaired) electrons. The van der Waals surface area contributed by atoms with Gasteiger partial charge < -0.3 is 10.1 Å². The number of nitrogens with one attached hydrogen (secondary N) is 1. The van der Waals surface area contributed by atoms with Crippen LogP contribution in [0.25, 0.3) is 0 Å². The number of hydrogen-bond donors (Lipinski definition) is 1. The Balaban J connectivity index is 1.73. The van der Waals surface area contributed by atoms with Crippen molar-refractivity contribution in [2.24, 2.45) is 0 Å². The maximum atomic E-state index is 13.8. The van der Waals surface area contributed by atoms with Gasteiger partial charge in [-0.2, -0.15) is 0 Å². The van der Waals surface area contributed by atoms with Crippen LogP contribution in [0.3, 0.4) is 0 Å². The van der Waals surface area contributed by atoms with Crippen molar-refractivity contribution >= 4 is 11.8 Å². The van der Waals surface area contributed by atoms with Crippen molar-refractivity contribution in [2.45, 2.75) is 35.2 Å². The van der Waals surface area contributed by atoms with Gasteiger partial charge in [0.2, 0.25) is 0 Å². The minimum absolute atomic E-state index is 0.185. The maximum absolute atomic E-state index is 13.8. The molecular weight excluding hydrogens is 285 g/mol. The lowest BCUT2D eigenvalue weighted by Crippen LogP contribution is -2.15. The quantitative estimate of drug-likeness (QED) is 0.862. The van der Waals surface area contributed by atoms with Crippen molar-refractivity contribution in [3.05, 3.63) is 53.8 Å². The predicted octanol–water partition coefficient (Wildman–Crippen LogP) is 4.24. The van der Waals surface area contributed by atoms with Crippen molar-refractivity contribution in [3.63, 3.8) is 0 Å². The molecule has 0 unspecified atom stereocenters. The first kappa shape index (κ1) is 14.4. The van der Waals surface area contributed by atoms with Gasteiger partial charge in [-0.25, -0.2) is 4.39 Å². The SMILES string of the molecule is COc1cccc(Sc2cc(F)cc(CNC3CC3)c2)c1. The Kier molecular flexibility index (Phi) is 4.46. The van der Waals surface area contributed by atoms with Gasteiger partial charge in [0.05, 0.1) is 7.11 Å². The highest BCUT2D eigenvalue weighted by Gasteiger charge is 2.20. The van der Waals surface area contributed by atoms with Crippen LogP contribution in [0, 0.1) is 5.82 Å². The molecule has 3 rings (SSSR count). The van der Waals surface area contributed by atoms with E-state index in [0.29, 0.717) is 6.04 Å². The average Bonchev–Trinajstić information content (AvgIpc) is 3.29. The standard InChI is InChI=1S/C17H18FNOS/c1-20-15-3-2-4-16(10-15)21-17-8-12(7-13(18)9-17)11-19-14-5-6-14/h2-4,7-10,14,19H,5-6,11H2,1H3. The van der Waals surface area contributed by atoms with Crippen molar-refractivity contribution in [1.82, 2.24) is 5.32 Å². The molecule has 0 spiro atoms. The van der Waals surface area contributed by atoms with E-state index in [4.69, 9.17) is 4.74 Å². The Morgan fingerprint density at radius 2 is 2.05 bits per heavy atom. The largest absolute Gasteiger partial charge is 0.497 e. The van der Waals surface area contributed by atoms with Crippen LogP contribution >= 0.6 is 11.8 Å². The third kappa shape index (κ3) is 4.22. The molecule has 21 heavy (non-hydrogen) atoms. The molecule has 1 aliphatic rings. The average molecular weight is 303 g/mol. The summed E-state index contributed by atoms with van der Waals surface area (Å²) in [5.41, 5.74) is 0.993. The van der Waals surface area contributed by atoms with Crippen LogP contribution in [0.15, 0.2) is 52.3 Å². The van der Waals surface area contributed by atoms with Crippen LogP contribution in [-0.2, 0) is 6.54 Å². The second-order valence-electron chi connectivity index (χ2n) is 5.23. The summed E-state index contributed by atoms with van der Waals surface area (Å²) in [7, 11) is 1.65. The summed E-state index contributed by atoms with van der Waals surface area (Å²) in [5.74, 6) is 0.627. The fraction of sp³-hybridized carbons (Fsp3) is 0.294. The van der Waals surface area contributed by atoms with Crippen LogP contribution < -0.4 is 10.1 Å². The van der Waals surface area contributed by atoms with Gasteiger partial charge >= 0.3 is 0 Å². The van der Waals surface area contributed by atoms with E-state index < -0.39 is 0 Å². The molecule has 1 aliphatic carbocycles. The molecule has 1 saturated carbocycles. The number of ether oxygens (including phenoxy) is 1. The molecule has 2 nitrogen and oxygen atoms in total. The molecule has 0 atom stereocenters. The Labute approximate surface area is 128 Å². The number of rotatable bonds is 6. The van der Waals surface area contributed by atoms with Gasteiger partial charge in [0.15, 0.2) is 0 Å². The molecular formula is C17H18FNOS. The van der Waals surface area contributed by atoms with Crippen molar-refractivity contribution < 1.29 is 9.13 Å². The van der Waals surface area contributed by atoms with E-state index in [1.54, 1.807) is 31.0 Å². The lowest BCUT2D eigenvalue weighted by atomic mass is 10.2. The monoisotopic (exact) mass is 303 g/mol. The summed E-state index contributed by atoms with van der Waals surface area (Å²) in [5, 5.41) is 3.41. The van der Waals surface area contributed by atoms with Crippen LogP contribution in [0.2, 0.25) is 0 Å². The minimum atomic E-state index is -0.185. The molecule has 110 valence electrons. The van der Waals surface area contributed by atoms with Gasteiger partial charge in [-0.05, 0) is 54.8 Å². The summed E-state index contributed by atoms with van der Waals surface area (Å²) in [6.45, 7) is 0.730. The van der Waals surface area contributed by atoms with E-state index in [0.717, 1.165) is 27.6 Å².